The van der Waals surface area contributed by atoms with Gasteiger partial charge in [0.2, 0.25) is 0 Å². The Morgan fingerprint density at radius 1 is 1.29 bits per heavy atom. The minimum Gasteiger partial charge on any atom is -0.496 e. The van der Waals surface area contributed by atoms with E-state index in [1.807, 2.05) is 24.3 Å². The van der Waals surface area contributed by atoms with E-state index in [1.54, 1.807) is 29.3 Å². The number of benzene rings is 1. The first-order valence-corrected chi connectivity index (χ1v) is 10.9. The zero-order valence-electron chi connectivity index (χ0n) is 16.1. The first-order chi connectivity index (χ1) is 13.7. The van der Waals surface area contributed by atoms with Crippen molar-refractivity contribution in [1.29, 1.82) is 0 Å². The molecule has 3 aromatic rings. The van der Waals surface area contributed by atoms with Crippen LogP contribution in [0.15, 0.2) is 35.4 Å². The van der Waals surface area contributed by atoms with Gasteiger partial charge < -0.3 is 10.1 Å². The Morgan fingerprint density at radius 3 is 2.96 bits per heavy atom. The van der Waals surface area contributed by atoms with Crippen LogP contribution < -0.4 is 15.6 Å². The Morgan fingerprint density at radius 2 is 2.14 bits per heavy atom. The van der Waals surface area contributed by atoms with Crippen molar-refractivity contribution < 1.29 is 4.74 Å². The molecule has 1 fully saturated rings. The summed E-state index contributed by atoms with van der Waals surface area (Å²) in [5.74, 6) is 1.69. The molecule has 146 valence electrons. The van der Waals surface area contributed by atoms with Crippen molar-refractivity contribution in [3.63, 3.8) is 0 Å². The number of aryl methyl sites for hydroxylation is 1. The van der Waals surface area contributed by atoms with Crippen molar-refractivity contribution >= 4 is 21.6 Å². The first-order valence-electron chi connectivity index (χ1n) is 10.1. The zero-order valence-corrected chi connectivity index (χ0v) is 16.9. The van der Waals surface area contributed by atoms with Crippen LogP contribution in [0.3, 0.4) is 0 Å². The van der Waals surface area contributed by atoms with Gasteiger partial charge in [-0.05, 0) is 56.2 Å². The average Bonchev–Trinajstić information content (AvgIpc) is 3.47. The molecule has 28 heavy (non-hydrogen) atoms. The van der Waals surface area contributed by atoms with E-state index < -0.39 is 0 Å². The number of para-hydroxylation sites is 1. The maximum atomic E-state index is 13.2. The van der Waals surface area contributed by atoms with Crippen LogP contribution in [0.2, 0.25) is 0 Å². The van der Waals surface area contributed by atoms with Gasteiger partial charge in [-0.3, -0.25) is 9.36 Å². The van der Waals surface area contributed by atoms with E-state index in [4.69, 9.17) is 4.74 Å². The monoisotopic (exact) mass is 395 g/mol. The summed E-state index contributed by atoms with van der Waals surface area (Å²) in [7, 11) is 1.66. The van der Waals surface area contributed by atoms with Crippen LogP contribution in [0.5, 0.6) is 5.75 Å². The molecule has 0 aliphatic heterocycles. The van der Waals surface area contributed by atoms with Gasteiger partial charge in [-0.2, -0.15) is 0 Å². The molecule has 2 aliphatic rings. The van der Waals surface area contributed by atoms with E-state index in [0.29, 0.717) is 12.6 Å². The van der Waals surface area contributed by atoms with Gasteiger partial charge in [0.1, 0.15) is 10.6 Å². The van der Waals surface area contributed by atoms with Crippen LogP contribution in [0.1, 0.15) is 35.3 Å². The Hall–Kier alpha value is -2.18. The number of thiophene rings is 1. The summed E-state index contributed by atoms with van der Waals surface area (Å²) in [6.07, 6.45) is 7.53. The molecule has 1 aromatic carbocycles. The molecule has 0 saturated heterocycles. The predicted molar refractivity (Wildman–Crippen MR) is 113 cm³/mol. The van der Waals surface area contributed by atoms with Crippen LogP contribution in [-0.4, -0.2) is 29.2 Å². The van der Waals surface area contributed by atoms with Crippen molar-refractivity contribution in [2.24, 2.45) is 5.92 Å². The molecule has 1 unspecified atom stereocenters. The molecule has 1 atom stereocenters. The first kappa shape index (κ1) is 17.9. The van der Waals surface area contributed by atoms with Gasteiger partial charge in [-0.25, -0.2) is 4.98 Å². The Bertz CT molecular complexity index is 1070. The minimum absolute atomic E-state index is 0.0674. The standard InChI is InChI=1S/C22H25N3O2S/c1-27-18-5-3-2-4-15(18)12-25-13-24-21-20(22(25)26)17-9-8-16(10-19(17)28-21)23-11-14-6-7-14/h2-5,13-14,16,23H,6-12H2,1H3. The molecular weight excluding hydrogens is 370 g/mol. The van der Waals surface area contributed by atoms with E-state index in [1.165, 1.54) is 23.3 Å². The van der Waals surface area contributed by atoms with Gasteiger partial charge in [0, 0.05) is 16.5 Å². The third-order valence-corrected chi connectivity index (χ3v) is 7.12. The fraction of sp³-hybridized carbons (Fsp3) is 0.455. The number of nitrogens with one attached hydrogen (secondary N) is 1. The quantitative estimate of drug-likeness (QED) is 0.695. The summed E-state index contributed by atoms with van der Waals surface area (Å²) in [6, 6.07) is 8.37. The largest absolute Gasteiger partial charge is 0.496 e. The topological polar surface area (TPSA) is 56.2 Å². The van der Waals surface area contributed by atoms with E-state index in [2.05, 4.69) is 10.3 Å². The molecule has 0 amide bonds. The number of methoxy groups -OCH3 is 1. The summed E-state index contributed by atoms with van der Waals surface area (Å²) in [4.78, 5) is 20.1. The Labute approximate surface area is 168 Å². The second-order valence-corrected chi connectivity index (χ2v) is 9.05. The van der Waals surface area contributed by atoms with E-state index in [0.717, 1.165) is 53.3 Å². The third kappa shape index (κ3) is 3.35. The number of aromatic nitrogens is 2. The molecule has 0 radical (unpaired) electrons. The van der Waals surface area contributed by atoms with Gasteiger partial charge in [0.15, 0.2) is 0 Å². The highest BCUT2D eigenvalue weighted by Crippen LogP contribution is 2.34. The molecule has 2 aromatic heterocycles. The second-order valence-electron chi connectivity index (χ2n) is 7.96. The van der Waals surface area contributed by atoms with Crippen molar-refractivity contribution in [2.75, 3.05) is 13.7 Å². The van der Waals surface area contributed by atoms with Gasteiger partial charge in [0.25, 0.3) is 5.56 Å². The lowest BCUT2D eigenvalue weighted by atomic mass is 9.93. The fourth-order valence-electron chi connectivity index (χ4n) is 4.16. The summed E-state index contributed by atoms with van der Waals surface area (Å²) >= 11 is 1.70. The maximum Gasteiger partial charge on any atom is 0.262 e. The second kappa shape index (κ2) is 7.33. The van der Waals surface area contributed by atoms with Crippen molar-refractivity contribution in [1.82, 2.24) is 14.9 Å². The highest BCUT2D eigenvalue weighted by Gasteiger charge is 2.27. The maximum absolute atomic E-state index is 13.2. The molecule has 0 bridgehead atoms. The summed E-state index contributed by atoms with van der Waals surface area (Å²) in [6.45, 7) is 1.62. The molecule has 5 rings (SSSR count). The molecule has 2 aliphatic carbocycles. The molecule has 5 nitrogen and oxygen atoms in total. The minimum atomic E-state index is 0.0674. The van der Waals surface area contributed by atoms with Crippen LogP contribution in [-0.2, 0) is 19.4 Å². The highest BCUT2D eigenvalue weighted by atomic mass is 32.1. The van der Waals surface area contributed by atoms with Crippen LogP contribution in [0.25, 0.3) is 10.2 Å². The van der Waals surface area contributed by atoms with Crippen LogP contribution in [0, 0.1) is 5.92 Å². The predicted octanol–water partition coefficient (Wildman–Crippen LogP) is 3.37. The number of ether oxygens (including phenoxy) is 1. The smallest absolute Gasteiger partial charge is 0.262 e. The lowest BCUT2D eigenvalue weighted by Crippen LogP contribution is -2.35. The SMILES string of the molecule is COc1ccccc1Cn1cnc2sc3c(c2c1=O)CCC(NCC1CC1)C3. The highest BCUT2D eigenvalue weighted by molar-refractivity contribution is 7.18. The lowest BCUT2D eigenvalue weighted by Gasteiger charge is -2.23. The molecular formula is C22H25N3O2S. The average molecular weight is 396 g/mol. The number of nitrogens with zero attached hydrogens (tertiary/aromatic N) is 2. The van der Waals surface area contributed by atoms with Gasteiger partial charge in [-0.15, -0.1) is 11.3 Å². The van der Waals surface area contributed by atoms with Crippen molar-refractivity contribution in [2.45, 2.75) is 44.7 Å². The molecule has 1 saturated carbocycles. The molecule has 1 N–H and O–H groups in total. The molecule has 6 heteroatoms. The van der Waals surface area contributed by atoms with Crippen molar-refractivity contribution in [3.05, 3.63) is 57.0 Å². The Balaban J connectivity index is 1.44. The summed E-state index contributed by atoms with van der Waals surface area (Å²) in [5, 5.41) is 4.56. The normalized spacial score (nSPS) is 19.0. The summed E-state index contributed by atoms with van der Waals surface area (Å²) < 4.78 is 7.15. The molecule has 2 heterocycles. The number of rotatable bonds is 6. The van der Waals surface area contributed by atoms with E-state index in [-0.39, 0.29) is 5.56 Å². The third-order valence-electron chi connectivity index (χ3n) is 5.96. The van der Waals surface area contributed by atoms with Gasteiger partial charge in [0.05, 0.1) is 25.4 Å². The number of hydrogen-bond acceptors (Lipinski definition) is 5. The Kier molecular flexibility index (Phi) is 4.69. The lowest BCUT2D eigenvalue weighted by molar-refractivity contribution is 0.408. The summed E-state index contributed by atoms with van der Waals surface area (Å²) in [5.41, 5.74) is 2.29. The van der Waals surface area contributed by atoms with Crippen molar-refractivity contribution in [3.8, 4) is 5.75 Å². The molecule has 0 spiro atoms. The zero-order chi connectivity index (χ0) is 19.1. The number of hydrogen-bond donors (Lipinski definition) is 1. The van der Waals surface area contributed by atoms with Crippen LogP contribution in [0.4, 0.5) is 0 Å². The van der Waals surface area contributed by atoms with E-state index >= 15 is 0 Å². The van der Waals surface area contributed by atoms with E-state index in [9.17, 15) is 4.79 Å². The van der Waals surface area contributed by atoms with Gasteiger partial charge >= 0.3 is 0 Å². The number of fused-ring (bicyclic) bond motifs is 3. The van der Waals surface area contributed by atoms with Gasteiger partial charge in [-0.1, -0.05) is 18.2 Å². The van der Waals surface area contributed by atoms with Crippen LogP contribution >= 0.6 is 11.3 Å². The fourth-order valence-corrected chi connectivity index (χ4v) is 5.42.